The fourth-order valence-electron chi connectivity index (χ4n) is 3.05. The van der Waals surface area contributed by atoms with Crippen LogP contribution in [0.15, 0.2) is 23.8 Å². The van der Waals surface area contributed by atoms with E-state index in [0.717, 1.165) is 50.9 Å². The molecule has 0 saturated carbocycles. The molecule has 0 aromatic rings. The first-order valence-electron chi connectivity index (χ1n) is 9.56. The molecule has 5 heteroatoms. The van der Waals surface area contributed by atoms with Crippen molar-refractivity contribution in [2.24, 2.45) is 0 Å². The van der Waals surface area contributed by atoms with Gasteiger partial charge < -0.3 is 19.3 Å². The number of carboxylic acids is 1. The fourth-order valence-corrected chi connectivity index (χ4v) is 3.05. The maximum atomic E-state index is 11.6. The number of carbonyl (C=O) groups is 1. The van der Waals surface area contributed by atoms with E-state index in [4.69, 9.17) is 14.2 Å². The summed E-state index contributed by atoms with van der Waals surface area (Å²) in [6, 6.07) is 0. The number of rotatable bonds is 16. The Morgan fingerprint density at radius 1 is 1.04 bits per heavy atom. The lowest BCUT2D eigenvalue weighted by Crippen LogP contribution is -2.09. The summed E-state index contributed by atoms with van der Waals surface area (Å²) in [7, 11) is 0. The SMILES string of the molecule is C=CCOCCCCCCCCC(CC1CO1)=C(CC1CO1)C(=O)O. The second-order valence-electron chi connectivity index (χ2n) is 6.94. The molecule has 0 aromatic heterocycles. The largest absolute Gasteiger partial charge is 0.478 e. The Balaban J connectivity index is 1.63. The molecule has 2 unspecified atom stereocenters. The Labute approximate surface area is 151 Å². The summed E-state index contributed by atoms with van der Waals surface area (Å²) in [4.78, 5) is 11.6. The summed E-state index contributed by atoms with van der Waals surface area (Å²) < 4.78 is 15.9. The van der Waals surface area contributed by atoms with Gasteiger partial charge in [0.1, 0.15) is 0 Å². The van der Waals surface area contributed by atoms with Crippen LogP contribution in [0.25, 0.3) is 0 Å². The van der Waals surface area contributed by atoms with Gasteiger partial charge in [-0.15, -0.1) is 6.58 Å². The molecule has 2 saturated heterocycles. The van der Waals surface area contributed by atoms with Gasteiger partial charge in [0.15, 0.2) is 0 Å². The Morgan fingerprint density at radius 3 is 2.24 bits per heavy atom. The highest BCUT2D eigenvalue weighted by molar-refractivity contribution is 5.87. The van der Waals surface area contributed by atoms with Crippen molar-refractivity contribution < 1.29 is 24.1 Å². The minimum atomic E-state index is -0.786. The lowest BCUT2D eigenvalue weighted by molar-refractivity contribution is -0.133. The van der Waals surface area contributed by atoms with E-state index >= 15 is 0 Å². The second kappa shape index (κ2) is 11.4. The zero-order chi connectivity index (χ0) is 17.9. The molecular weight excluding hydrogens is 320 g/mol. The second-order valence-corrected chi connectivity index (χ2v) is 6.94. The quantitative estimate of drug-likeness (QED) is 0.197. The molecule has 142 valence electrons. The number of unbranched alkanes of at least 4 members (excludes halogenated alkanes) is 5. The van der Waals surface area contributed by atoms with Gasteiger partial charge >= 0.3 is 5.97 Å². The van der Waals surface area contributed by atoms with Gasteiger partial charge in [0, 0.05) is 18.6 Å². The molecule has 0 amide bonds. The van der Waals surface area contributed by atoms with E-state index in [-0.39, 0.29) is 12.2 Å². The van der Waals surface area contributed by atoms with Gasteiger partial charge in [-0.3, -0.25) is 0 Å². The third kappa shape index (κ3) is 9.19. The molecule has 5 nitrogen and oxygen atoms in total. The smallest absolute Gasteiger partial charge is 0.331 e. The maximum Gasteiger partial charge on any atom is 0.331 e. The predicted octanol–water partition coefficient (Wildman–Crippen LogP) is 3.88. The van der Waals surface area contributed by atoms with Crippen molar-refractivity contribution in [1.82, 2.24) is 0 Å². The summed E-state index contributed by atoms with van der Waals surface area (Å²) in [6.45, 7) is 6.54. The topological polar surface area (TPSA) is 71.6 Å². The average Bonchev–Trinajstić information content (AvgIpc) is 3.48. The monoisotopic (exact) mass is 352 g/mol. The van der Waals surface area contributed by atoms with Crippen molar-refractivity contribution in [2.75, 3.05) is 26.4 Å². The zero-order valence-electron chi connectivity index (χ0n) is 15.2. The Bertz CT molecular complexity index is 449. The van der Waals surface area contributed by atoms with E-state index in [9.17, 15) is 9.90 Å². The van der Waals surface area contributed by atoms with Crippen LogP contribution in [-0.2, 0) is 19.0 Å². The molecule has 0 spiro atoms. The Kier molecular flexibility index (Phi) is 9.22. The fraction of sp³-hybridized carbons (Fsp3) is 0.750. The van der Waals surface area contributed by atoms with Crippen LogP contribution in [0.5, 0.6) is 0 Å². The minimum Gasteiger partial charge on any atom is -0.478 e. The average molecular weight is 352 g/mol. The number of epoxide rings is 2. The summed E-state index contributed by atoms with van der Waals surface area (Å²) >= 11 is 0. The Hall–Kier alpha value is -1.17. The van der Waals surface area contributed by atoms with Crippen molar-refractivity contribution in [3.05, 3.63) is 23.8 Å². The van der Waals surface area contributed by atoms with Crippen molar-refractivity contribution >= 4 is 5.97 Å². The standard InChI is InChI=1S/C20H32O5/c1-2-10-23-11-8-6-4-3-5-7-9-16(12-17-14-24-17)19(20(21)22)13-18-15-25-18/h2,17-18H,1,3-15H2,(H,21,22). The number of hydrogen-bond donors (Lipinski definition) is 1. The van der Waals surface area contributed by atoms with Crippen molar-refractivity contribution in [1.29, 1.82) is 0 Å². The highest BCUT2D eigenvalue weighted by Gasteiger charge is 2.30. The highest BCUT2D eigenvalue weighted by atomic mass is 16.6. The van der Waals surface area contributed by atoms with E-state index in [1.165, 1.54) is 19.3 Å². The predicted molar refractivity (Wildman–Crippen MR) is 96.7 cm³/mol. The zero-order valence-corrected chi connectivity index (χ0v) is 15.2. The number of hydrogen-bond acceptors (Lipinski definition) is 4. The molecule has 2 rings (SSSR count). The molecule has 2 heterocycles. The first kappa shape index (κ1) is 20.1. The normalized spacial score (nSPS) is 22.4. The van der Waals surface area contributed by atoms with E-state index < -0.39 is 5.97 Å². The molecule has 1 N–H and O–H groups in total. The van der Waals surface area contributed by atoms with Gasteiger partial charge in [0.25, 0.3) is 0 Å². The molecule has 2 fully saturated rings. The lowest BCUT2D eigenvalue weighted by atomic mass is 9.94. The first-order chi connectivity index (χ1) is 12.2. The van der Waals surface area contributed by atoms with Crippen LogP contribution >= 0.6 is 0 Å². The van der Waals surface area contributed by atoms with Crippen LogP contribution in [0.4, 0.5) is 0 Å². The summed E-state index contributed by atoms with van der Waals surface area (Å²) in [5.74, 6) is -0.786. The molecule has 0 bridgehead atoms. The molecule has 0 aromatic carbocycles. The van der Waals surface area contributed by atoms with Gasteiger partial charge in [0.05, 0.1) is 32.0 Å². The van der Waals surface area contributed by atoms with E-state index in [0.29, 0.717) is 25.2 Å². The molecule has 0 radical (unpaired) electrons. The van der Waals surface area contributed by atoms with Gasteiger partial charge in [0.2, 0.25) is 0 Å². The van der Waals surface area contributed by atoms with Gasteiger partial charge in [-0.05, 0) is 25.7 Å². The van der Waals surface area contributed by atoms with Crippen LogP contribution in [0.2, 0.25) is 0 Å². The molecular formula is C20H32O5. The van der Waals surface area contributed by atoms with Crippen molar-refractivity contribution in [3.63, 3.8) is 0 Å². The number of ether oxygens (including phenoxy) is 3. The molecule has 2 atom stereocenters. The van der Waals surface area contributed by atoms with Crippen LogP contribution < -0.4 is 0 Å². The molecule has 2 aliphatic heterocycles. The van der Waals surface area contributed by atoms with Crippen LogP contribution in [0.1, 0.15) is 57.8 Å². The summed E-state index contributed by atoms with van der Waals surface area (Å²) in [5, 5.41) is 9.54. The Morgan fingerprint density at radius 2 is 1.64 bits per heavy atom. The number of carboxylic acid groups (broad SMARTS) is 1. The maximum absolute atomic E-state index is 11.6. The molecule has 0 aliphatic carbocycles. The third-order valence-electron chi connectivity index (χ3n) is 4.65. The first-order valence-corrected chi connectivity index (χ1v) is 9.56. The van der Waals surface area contributed by atoms with Gasteiger partial charge in [-0.1, -0.05) is 37.3 Å². The third-order valence-corrected chi connectivity index (χ3v) is 4.65. The molecule has 2 aliphatic rings. The van der Waals surface area contributed by atoms with E-state index in [1.807, 2.05) is 0 Å². The van der Waals surface area contributed by atoms with Crippen LogP contribution in [0.3, 0.4) is 0 Å². The molecule has 25 heavy (non-hydrogen) atoms. The summed E-state index contributed by atoms with van der Waals surface area (Å²) in [5.41, 5.74) is 1.64. The van der Waals surface area contributed by atoms with Crippen molar-refractivity contribution in [3.8, 4) is 0 Å². The minimum absolute atomic E-state index is 0.115. The number of aliphatic carboxylic acids is 1. The van der Waals surface area contributed by atoms with Crippen molar-refractivity contribution in [2.45, 2.75) is 70.0 Å². The van der Waals surface area contributed by atoms with E-state index in [1.54, 1.807) is 6.08 Å². The van der Waals surface area contributed by atoms with Gasteiger partial charge in [-0.25, -0.2) is 4.79 Å². The van der Waals surface area contributed by atoms with Crippen LogP contribution in [-0.4, -0.2) is 49.7 Å². The highest BCUT2D eigenvalue weighted by Crippen LogP contribution is 2.30. The summed E-state index contributed by atoms with van der Waals surface area (Å²) in [6.07, 6.45) is 11.2. The van der Waals surface area contributed by atoms with Gasteiger partial charge in [-0.2, -0.15) is 0 Å². The van der Waals surface area contributed by atoms with E-state index in [2.05, 4.69) is 6.58 Å². The lowest BCUT2D eigenvalue weighted by Gasteiger charge is -2.11. The van der Waals surface area contributed by atoms with Crippen LogP contribution in [0, 0.1) is 0 Å².